The van der Waals surface area contributed by atoms with Crippen LogP contribution in [-0.2, 0) is 6.54 Å². The average molecular weight is 280 g/mol. The van der Waals surface area contributed by atoms with Crippen molar-refractivity contribution < 1.29 is 4.74 Å². The smallest absolute Gasteiger partial charge is 0.322 e. The minimum absolute atomic E-state index is 0.306. The molecule has 0 aliphatic rings. The Morgan fingerprint density at radius 3 is 2.71 bits per heavy atom. The van der Waals surface area contributed by atoms with Gasteiger partial charge in [0.25, 0.3) is 0 Å². The van der Waals surface area contributed by atoms with Crippen LogP contribution >= 0.6 is 0 Å². The summed E-state index contributed by atoms with van der Waals surface area (Å²) in [5.74, 6) is 0.649. The molecule has 0 bridgehead atoms. The topological polar surface area (TPSA) is 73.9 Å². The molecule has 21 heavy (non-hydrogen) atoms. The summed E-state index contributed by atoms with van der Waals surface area (Å²) in [4.78, 5) is 13.0. The molecule has 5 nitrogen and oxygen atoms in total. The Morgan fingerprint density at radius 2 is 1.95 bits per heavy atom. The first kappa shape index (κ1) is 13.5. The zero-order chi connectivity index (χ0) is 14.8. The number of rotatable bonds is 3. The number of nitrogens with two attached hydrogens (primary N) is 1. The molecule has 0 fully saturated rings. The highest BCUT2D eigenvalue weighted by Crippen LogP contribution is 2.27. The van der Waals surface area contributed by atoms with Crippen molar-refractivity contribution in [1.82, 2.24) is 15.0 Å². The highest BCUT2D eigenvalue weighted by Gasteiger charge is 2.08. The fourth-order valence-corrected chi connectivity index (χ4v) is 2.12. The SMILES string of the molecule is Cc1ccc2cccc(Oc3ncc(CN)c(C)n3)c2n1. The molecule has 0 saturated carbocycles. The molecule has 5 heteroatoms. The Kier molecular flexibility index (Phi) is 3.50. The molecule has 3 aromatic rings. The van der Waals surface area contributed by atoms with Crippen molar-refractivity contribution >= 4 is 10.9 Å². The van der Waals surface area contributed by atoms with Crippen LogP contribution in [0.25, 0.3) is 10.9 Å². The molecule has 0 aliphatic carbocycles. The molecule has 2 N–H and O–H groups in total. The van der Waals surface area contributed by atoms with Crippen molar-refractivity contribution in [2.45, 2.75) is 20.4 Å². The summed E-state index contributed by atoms with van der Waals surface area (Å²) in [6, 6.07) is 10.1. The van der Waals surface area contributed by atoms with Gasteiger partial charge in [-0.25, -0.2) is 9.97 Å². The number of nitrogens with zero attached hydrogens (tertiary/aromatic N) is 3. The van der Waals surface area contributed by atoms with Crippen molar-refractivity contribution in [3.63, 3.8) is 0 Å². The number of fused-ring (bicyclic) bond motifs is 1. The number of benzene rings is 1. The van der Waals surface area contributed by atoms with Gasteiger partial charge in [-0.1, -0.05) is 18.2 Å². The maximum Gasteiger partial charge on any atom is 0.322 e. The van der Waals surface area contributed by atoms with Crippen LogP contribution in [-0.4, -0.2) is 15.0 Å². The average Bonchev–Trinajstić information content (AvgIpc) is 2.48. The molecule has 0 amide bonds. The molecular weight excluding hydrogens is 264 g/mol. The van der Waals surface area contributed by atoms with Gasteiger partial charge in [-0.2, -0.15) is 4.98 Å². The van der Waals surface area contributed by atoms with Crippen LogP contribution in [0.2, 0.25) is 0 Å². The summed E-state index contributed by atoms with van der Waals surface area (Å²) >= 11 is 0. The van der Waals surface area contributed by atoms with E-state index in [2.05, 4.69) is 15.0 Å². The second-order valence-electron chi connectivity index (χ2n) is 4.85. The number of hydrogen-bond donors (Lipinski definition) is 1. The van der Waals surface area contributed by atoms with E-state index in [1.165, 1.54) is 0 Å². The first-order chi connectivity index (χ1) is 10.2. The Labute approximate surface area is 122 Å². The number of pyridine rings is 1. The molecule has 0 atom stereocenters. The summed E-state index contributed by atoms with van der Waals surface area (Å²) in [5.41, 5.74) is 9.10. The largest absolute Gasteiger partial charge is 0.422 e. The maximum atomic E-state index is 5.80. The molecular formula is C16H16N4O. The van der Waals surface area contributed by atoms with Crippen molar-refractivity contribution in [3.05, 3.63) is 53.5 Å². The van der Waals surface area contributed by atoms with E-state index in [9.17, 15) is 0 Å². The molecule has 0 unspecified atom stereocenters. The standard InChI is InChI=1S/C16H16N4O/c1-10-6-7-12-4-3-5-14(15(12)19-10)21-16-18-9-13(8-17)11(2)20-16/h3-7,9H,8,17H2,1-2H3. The van der Waals surface area contributed by atoms with E-state index in [-0.39, 0.29) is 0 Å². The summed E-state index contributed by atoms with van der Waals surface area (Å²) < 4.78 is 5.80. The normalized spacial score (nSPS) is 10.8. The van der Waals surface area contributed by atoms with Gasteiger partial charge in [0.1, 0.15) is 5.52 Å². The van der Waals surface area contributed by atoms with Gasteiger partial charge in [0.15, 0.2) is 5.75 Å². The number of aryl methyl sites for hydroxylation is 2. The van der Waals surface area contributed by atoms with Gasteiger partial charge in [0, 0.05) is 35.1 Å². The molecule has 3 rings (SSSR count). The third-order valence-electron chi connectivity index (χ3n) is 3.30. The van der Waals surface area contributed by atoms with Gasteiger partial charge in [-0.3, -0.25) is 0 Å². The van der Waals surface area contributed by atoms with E-state index in [0.29, 0.717) is 18.3 Å². The molecule has 106 valence electrons. The van der Waals surface area contributed by atoms with Gasteiger partial charge in [0.2, 0.25) is 0 Å². The van der Waals surface area contributed by atoms with Crippen LogP contribution in [0.4, 0.5) is 0 Å². The highest BCUT2D eigenvalue weighted by molar-refractivity contribution is 5.84. The van der Waals surface area contributed by atoms with E-state index in [4.69, 9.17) is 10.5 Å². The lowest BCUT2D eigenvalue weighted by Gasteiger charge is -2.09. The lowest BCUT2D eigenvalue weighted by molar-refractivity contribution is 0.443. The second-order valence-corrected chi connectivity index (χ2v) is 4.85. The quantitative estimate of drug-likeness (QED) is 0.798. The summed E-state index contributed by atoms with van der Waals surface area (Å²) in [7, 11) is 0. The number of para-hydroxylation sites is 1. The van der Waals surface area contributed by atoms with E-state index >= 15 is 0 Å². The molecule has 0 saturated heterocycles. The van der Waals surface area contributed by atoms with Crippen LogP contribution in [0.15, 0.2) is 36.5 Å². The Bertz CT molecular complexity index is 801. The Balaban J connectivity index is 2.01. The van der Waals surface area contributed by atoms with Crippen molar-refractivity contribution in [1.29, 1.82) is 0 Å². The van der Waals surface area contributed by atoms with Gasteiger partial charge in [0.05, 0.1) is 0 Å². The first-order valence-corrected chi connectivity index (χ1v) is 6.74. The van der Waals surface area contributed by atoms with E-state index in [0.717, 1.165) is 27.9 Å². The molecule has 0 spiro atoms. The highest BCUT2D eigenvalue weighted by atomic mass is 16.5. The number of ether oxygens (including phenoxy) is 1. The third kappa shape index (κ3) is 2.68. The van der Waals surface area contributed by atoms with Crippen LogP contribution in [0.1, 0.15) is 17.0 Å². The zero-order valence-corrected chi connectivity index (χ0v) is 12.0. The molecule has 0 radical (unpaired) electrons. The van der Waals surface area contributed by atoms with Gasteiger partial charge < -0.3 is 10.5 Å². The molecule has 0 aliphatic heterocycles. The lowest BCUT2D eigenvalue weighted by Crippen LogP contribution is -2.03. The Morgan fingerprint density at radius 1 is 1.10 bits per heavy atom. The summed E-state index contributed by atoms with van der Waals surface area (Å²) in [6.07, 6.45) is 1.70. The van der Waals surface area contributed by atoms with E-state index < -0.39 is 0 Å². The fraction of sp³-hybridized carbons (Fsp3) is 0.188. The zero-order valence-electron chi connectivity index (χ0n) is 12.0. The monoisotopic (exact) mass is 280 g/mol. The number of aromatic nitrogens is 3. The van der Waals surface area contributed by atoms with Crippen LogP contribution in [0.5, 0.6) is 11.8 Å². The fourth-order valence-electron chi connectivity index (χ4n) is 2.12. The van der Waals surface area contributed by atoms with Crippen molar-refractivity contribution in [2.24, 2.45) is 5.73 Å². The Hall–Kier alpha value is -2.53. The van der Waals surface area contributed by atoms with Crippen LogP contribution in [0.3, 0.4) is 0 Å². The lowest BCUT2D eigenvalue weighted by atomic mass is 10.2. The maximum absolute atomic E-state index is 5.80. The molecule has 1 aromatic carbocycles. The number of hydrogen-bond acceptors (Lipinski definition) is 5. The van der Waals surface area contributed by atoms with Gasteiger partial charge in [-0.05, 0) is 26.0 Å². The van der Waals surface area contributed by atoms with Gasteiger partial charge >= 0.3 is 6.01 Å². The molecule has 2 heterocycles. The summed E-state index contributed by atoms with van der Waals surface area (Å²) in [5, 5.41) is 1.02. The van der Waals surface area contributed by atoms with Gasteiger partial charge in [-0.15, -0.1) is 0 Å². The predicted molar refractivity (Wildman–Crippen MR) is 81.2 cm³/mol. The van der Waals surface area contributed by atoms with Crippen LogP contribution in [0, 0.1) is 13.8 Å². The predicted octanol–water partition coefficient (Wildman–Crippen LogP) is 2.89. The minimum Gasteiger partial charge on any atom is -0.422 e. The first-order valence-electron chi connectivity index (χ1n) is 6.74. The van der Waals surface area contributed by atoms with Crippen molar-refractivity contribution in [3.8, 4) is 11.8 Å². The second kappa shape index (κ2) is 5.46. The minimum atomic E-state index is 0.306. The van der Waals surface area contributed by atoms with Crippen molar-refractivity contribution in [2.75, 3.05) is 0 Å². The molecule has 2 aromatic heterocycles. The summed E-state index contributed by atoms with van der Waals surface area (Å²) in [6.45, 7) is 4.26. The van der Waals surface area contributed by atoms with E-state index in [1.807, 2.05) is 44.2 Å². The third-order valence-corrected chi connectivity index (χ3v) is 3.30. The van der Waals surface area contributed by atoms with E-state index in [1.54, 1.807) is 6.20 Å². The van der Waals surface area contributed by atoms with Crippen LogP contribution < -0.4 is 10.5 Å².